The fraction of sp³-hybridized carbons (Fsp3) is 0.500. The fourth-order valence-electron chi connectivity index (χ4n) is 1.47. The Bertz CT molecular complexity index is 376. The van der Waals surface area contributed by atoms with E-state index in [1.54, 1.807) is 7.11 Å². The average Bonchev–Trinajstić information content (AvgIpc) is 2.35. The molecule has 1 N–H and O–H groups in total. The predicted octanol–water partition coefficient (Wildman–Crippen LogP) is 3.03. The molecular weight excluding hydrogens is 212 g/mol. The highest BCUT2D eigenvalue weighted by molar-refractivity contribution is 5.47. The van der Waals surface area contributed by atoms with Crippen molar-refractivity contribution in [3.63, 3.8) is 0 Å². The molecule has 0 amide bonds. The number of ether oxygens (including phenoxy) is 1. The van der Waals surface area contributed by atoms with Gasteiger partial charge in [0.05, 0.1) is 11.6 Å². The summed E-state index contributed by atoms with van der Waals surface area (Å²) in [6.45, 7) is 6.09. The Morgan fingerprint density at radius 1 is 1.29 bits per heavy atom. The molecule has 92 valence electrons. The van der Waals surface area contributed by atoms with Gasteiger partial charge in [0.25, 0.3) is 0 Å². The van der Waals surface area contributed by atoms with E-state index in [2.05, 4.69) is 25.2 Å². The molecule has 0 fully saturated rings. The largest absolute Gasteiger partial charge is 0.385 e. The lowest BCUT2D eigenvalue weighted by molar-refractivity contribution is 0.157. The summed E-state index contributed by atoms with van der Waals surface area (Å²) >= 11 is 0. The Morgan fingerprint density at radius 2 is 1.94 bits per heavy atom. The van der Waals surface area contributed by atoms with Crippen molar-refractivity contribution < 1.29 is 4.74 Å². The minimum atomic E-state index is 0.198. The van der Waals surface area contributed by atoms with E-state index in [9.17, 15) is 0 Å². The Labute approximate surface area is 103 Å². The zero-order valence-electron chi connectivity index (χ0n) is 10.8. The molecule has 1 aromatic rings. The second-order valence-corrected chi connectivity index (χ2v) is 4.95. The Hall–Kier alpha value is -1.53. The first kappa shape index (κ1) is 13.5. The predicted molar refractivity (Wildman–Crippen MR) is 69.9 cm³/mol. The van der Waals surface area contributed by atoms with E-state index in [4.69, 9.17) is 10.00 Å². The van der Waals surface area contributed by atoms with Gasteiger partial charge in [0.2, 0.25) is 0 Å². The van der Waals surface area contributed by atoms with E-state index in [0.717, 1.165) is 25.3 Å². The van der Waals surface area contributed by atoms with Crippen LogP contribution in [0.3, 0.4) is 0 Å². The van der Waals surface area contributed by atoms with Crippen molar-refractivity contribution in [2.45, 2.75) is 20.3 Å². The smallest absolute Gasteiger partial charge is 0.0991 e. The molecule has 1 rings (SSSR count). The average molecular weight is 232 g/mol. The Kier molecular flexibility index (Phi) is 4.99. The van der Waals surface area contributed by atoms with Crippen molar-refractivity contribution in [1.29, 1.82) is 5.26 Å². The zero-order valence-corrected chi connectivity index (χ0v) is 10.8. The molecule has 0 unspecified atom stereocenters. The molecule has 0 heterocycles. The van der Waals surface area contributed by atoms with E-state index in [1.807, 2.05) is 24.3 Å². The number of hydrogen-bond acceptors (Lipinski definition) is 3. The molecular formula is C14H20N2O. The number of benzene rings is 1. The summed E-state index contributed by atoms with van der Waals surface area (Å²) in [6.07, 6.45) is 1.02. The molecule has 0 bridgehead atoms. The summed E-state index contributed by atoms with van der Waals surface area (Å²) in [5, 5.41) is 12.1. The highest BCUT2D eigenvalue weighted by atomic mass is 16.5. The lowest BCUT2D eigenvalue weighted by Gasteiger charge is -2.25. The molecule has 1 aromatic carbocycles. The van der Waals surface area contributed by atoms with Crippen molar-refractivity contribution in [2.24, 2.45) is 5.41 Å². The fourth-order valence-corrected chi connectivity index (χ4v) is 1.47. The van der Waals surface area contributed by atoms with Gasteiger partial charge in [-0.15, -0.1) is 0 Å². The van der Waals surface area contributed by atoms with E-state index in [0.29, 0.717) is 5.56 Å². The van der Waals surface area contributed by atoms with E-state index in [1.165, 1.54) is 0 Å². The minimum Gasteiger partial charge on any atom is -0.385 e. The van der Waals surface area contributed by atoms with Gasteiger partial charge in [-0.2, -0.15) is 5.26 Å². The van der Waals surface area contributed by atoms with Crippen LogP contribution in [-0.2, 0) is 4.74 Å². The summed E-state index contributed by atoms with van der Waals surface area (Å²) in [6, 6.07) is 9.63. The van der Waals surface area contributed by atoms with E-state index >= 15 is 0 Å². The van der Waals surface area contributed by atoms with Gasteiger partial charge in [-0.3, -0.25) is 0 Å². The maximum absolute atomic E-state index is 8.70. The third kappa shape index (κ3) is 4.88. The standard InChI is InChI=1S/C14H20N2O/c1-14(2,8-9-17-3)11-16-13-6-4-12(10-15)5-7-13/h4-7,16H,8-9,11H2,1-3H3. The van der Waals surface area contributed by atoms with Crippen LogP contribution in [0, 0.1) is 16.7 Å². The Balaban J connectivity index is 2.46. The summed E-state index contributed by atoms with van der Waals surface area (Å²) < 4.78 is 5.10. The van der Waals surface area contributed by atoms with Gasteiger partial charge in [-0.05, 0) is 36.1 Å². The second-order valence-electron chi connectivity index (χ2n) is 4.95. The summed E-state index contributed by atoms with van der Waals surface area (Å²) in [5.41, 5.74) is 1.94. The molecule has 0 saturated heterocycles. The lowest BCUT2D eigenvalue weighted by Crippen LogP contribution is -2.24. The second kappa shape index (κ2) is 6.27. The van der Waals surface area contributed by atoms with E-state index in [-0.39, 0.29) is 5.41 Å². The summed E-state index contributed by atoms with van der Waals surface area (Å²) in [4.78, 5) is 0. The third-order valence-corrected chi connectivity index (χ3v) is 2.77. The molecule has 0 saturated carbocycles. The molecule has 0 aliphatic rings. The zero-order chi connectivity index (χ0) is 12.7. The van der Waals surface area contributed by atoms with Gasteiger partial charge < -0.3 is 10.1 Å². The van der Waals surface area contributed by atoms with Crippen LogP contribution in [0.2, 0.25) is 0 Å². The maximum atomic E-state index is 8.70. The number of anilines is 1. The van der Waals surface area contributed by atoms with Crippen molar-refractivity contribution in [1.82, 2.24) is 0 Å². The van der Waals surface area contributed by atoms with Crippen LogP contribution in [0.5, 0.6) is 0 Å². The molecule has 3 nitrogen and oxygen atoms in total. The first-order chi connectivity index (χ1) is 8.07. The Morgan fingerprint density at radius 3 is 2.47 bits per heavy atom. The quantitative estimate of drug-likeness (QED) is 0.820. The molecule has 3 heteroatoms. The van der Waals surface area contributed by atoms with Gasteiger partial charge in [0.15, 0.2) is 0 Å². The first-order valence-corrected chi connectivity index (χ1v) is 5.80. The summed E-state index contributed by atoms with van der Waals surface area (Å²) in [7, 11) is 1.73. The highest BCUT2D eigenvalue weighted by Crippen LogP contribution is 2.21. The topological polar surface area (TPSA) is 45.0 Å². The van der Waals surface area contributed by atoms with Gasteiger partial charge in [0.1, 0.15) is 0 Å². The van der Waals surface area contributed by atoms with Crippen LogP contribution >= 0.6 is 0 Å². The molecule has 0 radical (unpaired) electrons. The van der Waals surface area contributed by atoms with Crippen LogP contribution in [0.25, 0.3) is 0 Å². The monoisotopic (exact) mass is 232 g/mol. The van der Waals surface area contributed by atoms with Gasteiger partial charge >= 0.3 is 0 Å². The minimum absolute atomic E-state index is 0.198. The molecule has 0 aliphatic carbocycles. The molecule has 17 heavy (non-hydrogen) atoms. The lowest BCUT2D eigenvalue weighted by atomic mass is 9.89. The van der Waals surface area contributed by atoms with Crippen LogP contribution in [0.15, 0.2) is 24.3 Å². The SMILES string of the molecule is COCCC(C)(C)CNc1ccc(C#N)cc1. The molecule has 0 aromatic heterocycles. The molecule has 0 atom stereocenters. The van der Waals surface area contributed by atoms with Crippen LogP contribution in [0.4, 0.5) is 5.69 Å². The van der Waals surface area contributed by atoms with Crippen molar-refractivity contribution >= 4 is 5.69 Å². The van der Waals surface area contributed by atoms with Crippen molar-refractivity contribution in [3.05, 3.63) is 29.8 Å². The number of methoxy groups -OCH3 is 1. The van der Waals surface area contributed by atoms with Gasteiger partial charge in [-0.25, -0.2) is 0 Å². The van der Waals surface area contributed by atoms with Crippen molar-refractivity contribution in [3.8, 4) is 6.07 Å². The number of hydrogen-bond donors (Lipinski definition) is 1. The summed E-state index contributed by atoms with van der Waals surface area (Å²) in [5.74, 6) is 0. The van der Waals surface area contributed by atoms with Crippen LogP contribution in [0.1, 0.15) is 25.8 Å². The highest BCUT2D eigenvalue weighted by Gasteiger charge is 2.16. The maximum Gasteiger partial charge on any atom is 0.0991 e. The van der Waals surface area contributed by atoms with Crippen molar-refractivity contribution in [2.75, 3.05) is 25.6 Å². The number of rotatable bonds is 6. The molecule has 0 aliphatic heterocycles. The van der Waals surface area contributed by atoms with Gasteiger partial charge in [-0.1, -0.05) is 13.8 Å². The van der Waals surface area contributed by atoms with Crippen LogP contribution in [-0.4, -0.2) is 20.3 Å². The molecule has 0 spiro atoms. The van der Waals surface area contributed by atoms with Crippen LogP contribution < -0.4 is 5.32 Å². The van der Waals surface area contributed by atoms with E-state index < -0.39 is 0 Å². The number of nitrogens with one attached hydrogen (secondary N) is 1. The normalized spacial score (nSPS) is 10.9. The van der Waals surface area contributed by atoms with Gasteiger partial charge in [0, 0.05) is 25.9 Å². The number of nitrogens with zero attached hydrogens (tertiary/aromatic N) is 1. The third-order valence-electron chi connectivity index (χ3n) is 2.77. The first-order valence-electron chi connectivity index (χ1n) is 5.80. The number of nitriles is 1.